The van der Waals surface area contributed by atoms with Gasteiger partial charge in [0.2, 0.25) is 5.91 Å². The van der Waals surface area contributed by atoms with Gasteiger partial charge in [-0.2, -0.15) is 0 Å². The number of nitrogens with one attached hydrogen (secondary N) is 1. The molecule has 8 heteroatoms. The van der Waals surface area contributed by atoms with Crippen molar-refractivity contribution in [2.45, 2.75) is 193 Å². The van der Waals surface area contributed by atoms with E-state index in [9.17, 15) is 14.3 Å². The van der Waals surface area contributed by atoms with Gasteiger partial charge in [-0.25, -0.2) is 4.57 Å². The molecule has 2 atom stereocenters. The SMILES string of the molecule is CCCCCCCCCCCCC/C=C/C[C@H](COP(=O)(O)OCC[N+](C)(C)C)NC(=O)CCCCCCCCCCCCCCC. The average Bonchev–Trinajstić information content (AvgIpc) is 3.01. The fraction of sp³-hybridized carbons (Fsp3) is 0.923. The molecular weight excluding hydrogens is 607 g/mol. The van der Waals surface area contributed by atoms with Crippen LogP contribution in [0, 0.1) is 0 Å². The molecule has 0 aromatic carbocycles. The summed E-state index contributed by atoms with van der Waals surface area (Å²) in [5.74, 6) is -0.0147. The van der Waals surface area contributed by atoms with Crippen molar-refractivity contribution < 1.29 is 27.8 Å². The molecule has 0 heterocycles. The van der Waals surface area contributed by atoms with Crippen LogP contribution >= 0.6 is 7.82 Å². The van der Waals surface area contributed by atoms with Gasteiger partial charge < -0.3 is 14.7 Å². The number of carbonyl (C=O) groups excluding carboxylic acids is 1. The standard InChI is InChI=1S/C39H79N2O5P/c1-6-8-10-12-14-16-18-20-22-23-25-27-29-31-33-38(37-46-47(43,44)45-36-35-41(3,4)5)40-39(42)34-32-30-28-26-24-21-19-17-15-13-11-9-7-2/h29,31,38H,6-28,30,32-37H2,1-5H3,(H-,40,42,43,44)/p+1/b31-29+/t38-/m1/s1. The summed E-state index contributed by atoms with van der Waals surface area (Å²) in [7, 11) is 1.81. The predicted molar refractivity (Wildman–Crippen MR) is 202 cm³/mol. The molecule has 0 rings (SSSR count). The maximum Gasteiger partial charge on any atom is 0.472 e. The van der Waals surface area contributed by atoms with E-state index in [0.29, 0.717) is 23.9 Å². The lowest BCUT2D eigenvalue weighted by atomic mass is 10.0. The van der Waals surface area contributed by atoms with Crippen LogP contribution in [0.15, 0.2) is 12.2 Å². The highest BCUT2D eigenvalue weighted by molar-refractivity contribution is 7.47. The first kappa shape index (κ1) is 46.3. The van der Waals surface area contributed by atoms with E-state index in [1.54, 1.807) is 0 Å². The second-order valence-corrected chi connectivity index (χ2v) is 16.4. The number of rotatable bonds is 36. The van der Waals surface area contributed by atoms with Crippen molar-refractivity contribution in [3.8, 4) is 0 Å². The van der Waals surface area contributed by atoms with Crippen LogP contribution in [0.2, 0.25) is 0 Å². The zero-order valence-corrected chi connectivity index (χ0v) is 32.8. The summed E-state index contributed by atoms with van der Waals surface area (Å²) in [5.41, 5.74) is 0. The quantitative estimate of drug-likeness (QED) is 0.0296. The Labute approximate surface area is 292 Å². The molecule has 1 amide bonds. The van der Waals surface area contributed by atoms with Crippen molar-refractivity contribution in [2.24, 2.45) is 0 Å². The number of phosphoric ester groups is 1. The minimum absolute atomic E-state index is 0.0147. The smallest absolute Gasteiger partial charge is 0.351 e. The Morgan fingerprint density at radius 1 is 0.660 bits per heavy atom. The maximum absolute atomic E-state index is 12.8. The van der Waals surface area contributed by atoms with Crippen LogP contribution in [-0.4, -0.2) is 62.2 Å². The van der Waals surface area contributed by atoms with Gasteiger partial charge in [-0.1, -0.05) is 167 Å². The predicted octanol–water partition coefficient (Wildman–Crippen LogP) is 11.4. The van der Waals surface area contributed by atoms with Crippen molar-refractivity contribution in [1.82, 2.24) is 5.32 Å². The van der Waals surface area contributed by atoms with Crippen LogP contribution < -0.4 is 5.32 Å². The first-order valence-corrected chi connectivity index (χ1v) is 21.5. The van der Waals surface area contributed by atoms with Gasteiger partial charge in [-0.15, -0.1) is 0 Å². The number of hydrogen-bond donors (Lipinski definition) is 2. The minimum Gasteiger partial charge on any atom is -0.351 e. The molecule has 0 aromatic rings. The molecule has 0 aromatic heterocycles. The molecule has 0 aliphatic heterocycles. The van der Waals surface area contributed by atoms with E-state index in [1.807, 2.05) is 21.1 Å². The van der Waals surface area contributed by atoms with E-state index in [0.717, 1.165) is 19.3 Å². The monoisotopic (exact) mass is 688 g/mol. The van der Waals surface area contributed by atoms with Crippen molar-refractivity contribution in [2.75, 3.05) is 40.9 Å². The first-order chi connectivity index (χ1) is 22.6. The second-order valence-electron chi connectivity index (χ2n) is 14.9. The number of quaternary nitrogens is 1. The fourth-order valence-corrected chi connectivity index (χ4v) is 6.48. The molecule has 7 nitrogen and oxygen atoms in total. The number of likely N-dealkylation sites (N-methyl/N-ethyl adjacent to an activating group) is 1. The van der Waals surface area contributed by atoms with Gasteiger partial charge >= 0.3 is 7.82 Å². The van der Waals surface area contributed by atoms with E-state index in [4.69, 9.17) is 9.05 Å². The van der Waals surface area contributed by atoms with Crippen LogP contribution in [0.3, 0.4) is 0 Å². The van der Waals surface area contributed by atoms with Crippen molar-refractivity contribution in [3.05, 3.63) is 12.2 Å². The molecular formula is C39H80N2O5P+. The molecule has 47 heavy (non-hydrogen) atoms. The summed E-state index contributed by atoms with van der Waals surface area (Å²) >= 11 is 0. The van der Waals surface area contributed by atoms with E-state index in [1.165, 1.54) is 141 Å². The first-order valence-electron chi connectivity index (χ1n) is 20.0. The van der Waals surface area contributed by atoms with E-state index < -0.39 is 7.82 Å². The van der Waals surface area contributed by atoms with E-state index >= 15 is 0 Å². The minimum atomic E-state index is -4.19. The number of carbonyl (C=O) groups is 1. The van der Waals surface area contributed by atoms with Crippen LogP contribution in [0.1, 0.15) is 187 Å². The summed E-state index contributed by atoms with van der Waals surface area (Å²) in [6.45, 7) is 5.21. The summed E-state index contributed by atoms with van der Waals surface area (Å²) < 4.78 is 23.6. The van der Waals surface area contributed by atoms with Crippen LogP contribution in [-0.2, 0) is 18.4 Å². The molecule has 0 radical (unpaired) electrons. The summed E-state index contributed by atoms with van der Waals surface area (Å²) in [5, 5.41) is 3.05. The molecule has 0 saturated heterocycles. The Balaban J connectivity index is 4.34. The van der Waals surface area contributed by atoms with Gasteiger partial charge in [-0.05, 0) is 25.7 Å². The van der Waals surface area contributed by atoms with Gasteiger partial charge in [0.1, 0.15) is 13.2 Å². The van der Waals surface area contributed by atoms with Crippen molar-refractivity contribution in [1.29, 1.82) is 0 Å². The molecule has 0 aliphatic carbocycles. The Hall–Kier alpha value is -0.720. The third-order valence-electron chi connectivity index (χ3n) is 8.89. The number of nitrogens with zero attached hydrogens (tertiary/aromatic N) is 1. The van der Waals surface area contributed by atoms with E-state index in [2.05, 4.69) is 31.3 Å². The van der Waals surface area contributed by atoms with Crippen LogP contribution in [0.5, 0.6) is 0 Å². The Morgan fingerprint density at radius 3 is 1.53 bits per heavy atom. The largest absolute Gasteiger partial charge is 0.472 e. The fourth-order valence-electron chi connectivity index (χ4n) is 5.73. The van der Waals surface area contributed by atoms with Gasteiger partial charge in [0.25, 0.3) is 0 Å². The number of hydrogen-bond acceptors (Lipinski definition) is 4. The topological polar surface area (TPSA) is 84.9 Å². The van der Waals surface area contributed by atoms with Crippen LogP contribution in [0.25, 0.3) is 0 Å². The zero-order valence-electron chi connectivity index (χ0n) is 31.9. The molecule has 2 N–H and O–H groups in total. The number of phosphoric acid groups is 1. The van der Waals surface area contributed by atoms with Gasteiger partial charge in [0.15, 0.2) is 0 Å². The summed E-state index contributed by atoms with van der Waals surface area (Å²) in [4.78, 5) is 23.0. The van der Waals surface area contributed by atoms with Gasteiger partial charge in [-0.3, -0.25) is 13.8 Å². The third kappa shape index (κ3) is 36.4. The number of allylic oxidation sites excluding steroid dienone is 1. The lowest BCUT2D eigenvalue weighted by Gasteiger charge is -2.24. The second kappa shape index (κ2) is 32.5. The number of amides is 1. The lowest BCUT2D eigenvalue weighted by Crippen LogP contribution is -2.38. The normalized spacial score (nSPS) is 14.1. The third-order valence-corrected chi connectivity index (χ3v) is 9.87. The highest BCUT2D eigenvalue weighted by Gasteiger charge is 2.25. The van der Waals surface area contributed by atoms with E-state index in [-0.39, 0.29) is 25.2 Å². The van der Waals surface area contributed by atoms with Gasteiger partial charge in [0.05, 0.1) is 33.8 Å². The molecule has 0 bridgehead atoms. The zero-order chi connectivity index (χ0) is 34.9. The maximum atomic E-state index is 12.8. The number of unbranched alkanes of at least 4 members (excludes halogenated alkanes) is 23. The Bertz CT molecular complexity index is 771. The molecule has 0 saturated carbocycles. The van der Waals surface area contributed by atoms with Crippen molar-refractivity contribution in [3.63, 3.8) is 0 Å². The highest BCUT2D eigenvalue weighted by Crippen LogP contribution is 2.43. The molecule has 0 aliphatic rings. The molecule has 280 valence electrons. The molecule has 0 spiro atoms. The highest BCUT2D eigenvalue weighted by atomic mass is 31.2. The summed E-state index contributed by atoms with van der Waals surface area (Å²) in [6, 6.07) is -0.361. The van der Waals surface area contributed by atoms with Gasteiger partial charge in [0, 0.05) is 6.42 Å². The van der Waals surface area contributed by atoms with Crippen molar-refractivity contribution >= 4 is 13.7 Å². The van der Waals surface area contributed by atoms with Crippen LogP contribution in [0.4, 0.5) is 0 Å². The molecule has 0 fully saturated rings. The summed E-state index contributed by atoms with van der Waals surface area (Å²) in [6.07, 6.45) is 37.5. The molecule has 1 unspecified atom stereocenters. The average molecular weight is 688 g/mol. The lowest BCUT2D eigenvalue weighted by molar-refractivity contribution is -0.870. The Kier molecular flexibility index (Phi) is 32.0. The Morgan fingerprint density at radius 2 is 1.09 bits per heavy atom.